The van der Waals surface area contributed by atoms with Crippen molar-refractivity contribution in [3.8, 4) is 5.75 Å². The third-order valence-corrected chi connectivity index (χ3v) is 12.2. The number of unbranched alkanes of at least 4 members (excludes halogenated alkanes) is 15. The van der Waals surface area contributed by atoms with Gasteiger partial charge in [-0.2, -0.15) is 0 Å². The largest absolute Gasteiger partial charge is 0.507 e. The van der Waals surface area contributed by atoms with E-state index in [9.17, 15) is 10.2 Å². The number of aliphatic hydroxyl groups is 1. The van der Waals surface area contributed by atoms with E-state index in [1.807, 2.05) is 12.1 Å². The maximum absolute atomic E-state index is 11.2. The Morgan fingerprint density at radius 3 is 1.72 bits per heavy atom. The Morgan fingerprint density at radius 2 is 1.17 bits per heavy atom. The molecule has 1 aliphatic rings. The van der Waals surface area contributed by atoms with Crippen molar-refractivity contribution in [3.05, 3.63) is 99.6 Å². The molecule has 60 heavy (non-hydrogen) atoms. The van der Waals surface area contributed by atoms with E-state index in [1.165, 1.54) is 122 Å². The van der Waals surface area contributed by atoms with Crippen molar-refractivity contribution in [1.82, 2.24) is 5.06 Å². The number of nitrogens with zero attached hydrogens (tertiary/aromatic N) is 3. The van der Waals surface area contributed by atoms with Gasteiger partial charge in [-0.05, 0) is 76.6 Å². The predicted molar refractivity (Wildman–Crippen MR) is 252 cm³/mol. The van der Waals surface area contributed by atoms with Gasteiger partial charge < -0.3 is 14.9 Å². The summed E-state index contributed by atoms with van der Waals surface area (Å²) in [6.07, 6.45) is 25.0. The Morgan fingerprint density at radius 1 is 0.633 bits per heavy atom. The minimum absolute atomic E-state index is 0.0787. The highest BCUT2D eigenvalue weighted by Gasteiger charge is 2.36. The van der Waals surface area contributed by atoms with Crippen molar-refractivity contribution in [1.29, 1.82) is 0 Å². The van der Waals surface area contributed by atoms with Crippen LogP contribution in [-0.4, -0.2) is 45.9 Å². The van der Waals surface area contributed by atoms with Crippen LogP contribution < -0.4 is 0 Å². The van der Waals surface area contributed by atoms with Crippen molar-refractivity contribution in [2.24, 2.45) is 15.9 Å². The molecule has 3 aromatic rings. The Hall–Kier alpha value is -3.52. The van der Waals surface area contributed by atoms with E-state index in [4.69, 9.17) is 19.6 Å². The molecule has 0 saturated carbocycles. The second-order valence-electron chi connectivity index (χ2n) is 17.8. The Bertz CT molecular complexity index is 1730. The number of hydroxylamine groups is 2. The first-order valence-corrected chi connectivity index (χ1v) is 24.0. The average Bonchev–Trinajstić information content (AvgIpc) is 3.22. The summed E-state index contributed by atoms with van der Waals surface area (Å²) in [5.74, 6) is 1.73. The monoisotopic (exact) mass is 824 g/mol. The number of para-hydroxylation sites is 1. The molecule has 0 fully saturated rings. The van der Waals surface area contributed by atoms with Crippen LogP contribution >= 0.6 is 0 Å². The summed E-state index contributed by atoms with van der Waals surface area (Å²) in [6.45, 7) is 15.1. The van der Waals surface area contributed by atoms with Gasteiger partial charge in [0.1, 0.15) is 11.9 Å². The fourth-order valence-corrected chi connectivity index (χ4v) is 8.60. The molecule has 4 rings (SSSR count). The van der Waals surface area contributed by atoms with Crippen molar-refractivity contribution in [3.63, 3.8) is 0 Å². The first-order valence-electron chi connectivity index (χ1n) is 24.0. The molecule has 7 heteroatoms. The van der Waals surface area contributed by atoms with Gasteiger partial charge in [0.15, 0.2) is 17.8 Å². The lowest BCUT2D eigenvalue weighted by Crippen LogP contribution is -2.45. The first kappa shape index (κ1) is 49.1. The van der Waals surface area contributed by atoms with E-state index in [0.717, 1.165) is 46.2 Å². The van der Waals surface area contributed by atoms with Gasteiger partial charge in [0.05, 0.1) is 5.56 Å². The van der Waals surface area contributed by atoms with Crippen LogP contribution in [0.3, 0.4) is 0 Å². The normalized spacial score (nSPS) is 15.8. The van der Waals surface area contributed by atoms with E-state index in [-0.39, 0.29) is 5.75 Å². The maximum Gasteiger partial charge on any atom is 0.209 e. The van der Waals surface area contributed by atoms with Crippen LogP contribution in [0, 0.1) is 33.6 Å². The molecule has 7 nitrogen and oxygen atoms in total. The summed E-state index contributed by atoms with van der Waals surface area (Å²) in [4.78, 5) is 17.1. The lowest BCUT2D eigenvalue weighted by Gasteiger charge is -2.37. The summed E-state index contributed by atoms with van der Waals surface area (Å²) >= 11 is 0. The second kappa shape index (κ2) is 27.4. The number of ether oxygens (including phenoxy) is 1. The molecule has 0 bridgehead atoms. The number of aromatic hydroxyl groups is 1. The molecule has 2 N–H and O–H groups in total. The third-order valence-electron chi connectivity index (χ3n) is 12.2. The highest BCUT2D eigenvalue weighted by Crippen LogP contribution is 2.35. The number of aliphatic imine (C=N–C) groups is 2. The number of phenolic OH excluding ortho intramolecular Hbond substituents is 1. The van der Waals surface area contributed by atoms with E-state index in [1.54, 1.807) is 24.1 Å². The van der Waals surface area contributed by atoms with Crippen molar-refractivity contribution in [2.75, 3.05) is 6.61 Å². The molecule has 0 amide bonds. The van der Waals surface area contributed by atoms with Gasteiger partial charge in [-0.3, -0.25) is 0 Å². The predicted octanol–water partition coefficient (Wildman–Crippen LogP) is 14.3. The zero-order chi connectivity index (χ0) is 43.1. The van der Waals surface area contributed by atoms with Crippen LogP contribution in [0.2, 0.25) is 0 Å². The smallest absolute Gasteiger partial charge is 0.209 e. The summed E-state index contributed by atoms with van der Waals surface area (Å²) in [7, 11) is 0. The molecule has 4 unspecified atom stereocenters. The fraction of sp³-hybridized carbons (Fsp3) is 0.623. The summed E-state index contributed by atoms with van der Waals surface area (Å²) in [6, 6.07) is 19.8. The van der Waals surface area contributed by atoms with Crippen molar-refractivity contribution >= 4 is 11.7 Å². The summed E-state index contributed by atoms with van der Waals surface area (Å²) in [5.41, 5.74) is 6.79. The zero-order valence-corrected chi connectivity index (χ0v) is 38.7. The average molecular weight is 824 g/mol. The van der Waals surface area contributed by atoms with Gasteiger partial charge in [-0.15, -0.1) is 0 Å². The van der Waals surface area contributed by atoms with E-state index in [0.29, 0.717) is 29.8 Å². The SMILES string of the molecule is CCCCCCCCCCCCC(CCCCCCCCC)CCCOC(ON1C(c2ccccc2O)=NC(c2ccc(C)cc2C)=NC1c1ccc(C)cc1C)C(C)O. The maximum atomic E-state index is 11.2. The van der Waals surface area contributed by atoms with Crippen LogP contribution in [0.25, 0.3) is 0 Å². The number of aliphatic hydroxyl groups excluding tert-OH is 1. The van der Waals surface area contributed by atoms with E-state index in [2.05, 4.69) is 77.9 Å². The molecule has 1 heterocycles. The minimum Gasteiger partial charge on any atom is -0.507 e. The summed E-state index contributed by atoms with van der Waals surface area (Å²) < 4.78 is 6.45. The minimum atomic E-state index is -0.976. The van der Waals surface area contributed by atoms with Gasteiger partial charge in [0.25, 0.3) is 0 Å². The third kappa shape index (κ3) is 16.4. The molecule has 4 atom stereocenters. The number of phenols is 1. The molecular formula is C53H81N3O4. The van der Waals surface area contributed by atoms with Crippen molar-refractivity contribution in [2.45, 2.75) is 202 Å². The number of amidine groups is 2. The number of hydrogen-bond donors (Lipinski definition) is 2. The number of hydrogen-bond acceptors (Lipinski definition) is 7. The van der Waals surface area contributed by atoms with Gasteiger partial charge in [-0.25, -0.2) is 19.9 Å². The number of rotatable bonds is 30. The molecule has 0 radical (unpaired) electrons. The molecule has 332 valence electrons. The van der Waals surface area contributed by atoms with Crippen molar-refractivity contribution < 1.29 is 19.8 Å². The van der Waals surface area contributed by atoms with Crippen LogP contribution in [0.5, 0.6) is 5.75 Å². The van der Waals surface area contributed by atoms with Gasteiger partial charge in [-0.1, -0.05) is 196 Å². The Balaban J connectivity index is 1.48. The quantitative estimate of drug-likeness (QED) is 0.0516. The molecule has 0 spiro atoms. The van der Waals surface area contributed by atoms with E-state index >= 15 is 0 Å². The van der Waals surface area contributed by atoms with Crippen LogP contribution in [0.4, 0.5) is 0 Å². The summed E-state index contributed by atoms with van der Waals surface area (Å²) in [5, 5.41) is 24.1. The standard InChI is InChI=1S/C53H81N3O4/c1-8-10-12-14-16-17-18-20-22-24-29-45(28-23-21-19-15-13-11-9-2)30-27-37-59-53(44(7)57)60-56-51(47-36-34-41(4)39-43(47)6)54-50(46-35-33-40(3)38-42(46)5)55-52(56)48-31-25-26-32-49(48)58/h25-26,31-36,38-39,44-45,51,53,57-58H,8-24,27-30,37H2,1-7H3. The lowest BCUT2D eigenvalue weighted by atomic mass is 9.90. The zero-order valence-electron chi connectivity index (χ0n) is 38.7. The Kier molecular flexibility index (Phi) is 22.5. The molecule has 0 saturated heterocycles. The molecule has 1 aliphatic heterocycles. The highest BCUT2D eigenvalue weighted by atomic mass is 16.8. The van der Waals surface area contributed by atoms with Gasteiger partial charge in [0.2, 0.25) is 6.29 Å². The van der Waals surface area contributed by atoms with Gasteiger partial charge in [0, 0.05) is 17.7 Å². The van der Waals surface area contributed by atoms with Crippen LogP contribution in [0.1, 0.15) is 201 Å². The number of benzene rings is 3. The molecule has 0 aromatic heterocycles. The van der Waals surface area contributed by atoms with Gasteiger partial charge >= 0.3 is 0 Å². The van der Waals surface area contributed by atoms with Crippen LogP contribution in [0.15, 0.2) is 70.6 Å². The number of aryl methyl sites for hydroxylation is 4. The van der Waals surface area contributed by atoms with Crippen LogP contribution in [-0.2, 0) is 9.57 Å². The fourth-order valence-electron chi connectivity index (χ4n) is 8.60. The molecule has 3 aromatic carbocycles. The highest BCUT2D eigenvalue weighted by molar-refractivity contribution is 6.14. The molecule has 0 aliphatic carbocycles. The second-order valence-corrected chi connectivity index (χ2v) is 17.8. The lowest BCUT2D eigenvalue weighted by molar-refractivity contribution is -0.289. The first-order chi connectivity index (χ1) is 29.1. The molecular weight excluding hydrogens is 743 g/mol. The topological polar surface area (TPSA) is 86.9 Å². The Labute approximate surface area is 365 Å². The van der Waals surface area contributed by atoms with E-state index < -0.39 is 18.6 Å².